The molecule has 0 rings (SSSR count). The van der Waals surface area contributed by atoms with Crippen LogP contribution >= 0.6 is 0 Å². The maximum Gasteiger partial charge on any atom is 0.186 e. The number of nitrogens with one attached hydrogen (secondary N) is 1. The Kier molecular flexibility index (Phi) is 3.72. The van der Waals surface area contributed by atoms with Crippen LogP contribution in [0.25, 0.3) is 0 Å². The molecule has 0 aliphatic rings. The summed E-state index contributed by atoms with van der Waals surface area (Å²) in [5, 5.41) is 2.93. The Labute approximate surface area is 68.9 Å². The highest BCUT2D eigenvalue weighted by molar-refractivity contribution is 5.02. The fraction of sp³-hybridized carbons (Fsp3) is 0.556. The van der Waals surface area contributed by atoms with E-state index in [9.17, 15) is 0 Å². The minimum Gasteiger partial charge on any atom is -0.474 e. The molecule has 0 spiro atoms. The number of hydrogen-bond donors (Lipinski definition) is 1. The van der Waals surface area contributed by atoms with Crippen LogP contribution in [0.15, 0.2) is 24.6 Å². The van der Waals surface area contributed by atoms with Crippen molar-refractivity contribution in [1.29, 1.82) is 0 Å². The van der Waals surface area contributed by atoms with Crippen LogP contribution < -0.4 is 5.32 Å². The summed E-state index contributed by atoms with van der Waals surface area (Å²) in [5.41, 5.74) is -0.155. The van der Waals surface area contributed by atoms with Gasteiger partial charge in [0.1, 0.15) is 5.60 Å². The number of allylic oxidation sites excluding steroid dienone is 2. The lowest BCUT2D eigenvalue weighted by atomic mass is 10.2. The first-order chi connectivity index (χ1) is 4.99. The largest absolute Gasteiger partial charge is 0.474 e. The zero-order valence-corrected chi connectivity index (χ0v) is 7.77. The minimum atomic E-state index is -0.155. The first-order valence-corrected chi connectivity index (χ1v) is 3.69. The van der Waals surface area contributed by atoms with Crippen LogP contribution in [0.2, 0.25) is 0 Å². The SMILES string of the molecule is C=C/C=C(\NC)OC(C)(C)C. The molecular formula is C9H17NO. The van der Waals surface area contributed by atoms with Gasteiger partial charge in [-0.2, -0.15) is 0 Å². The lowest BCUT2D eigenvalue weighted by Gasteiger charge is -2.22. The third kappa shape index (κ3) is 5.52. The molecule has 0 aromatic rings. The molecule has 0 aliphatic heterocycles. The van der Waals surface area contributed by atoms with Crippen LogP contribution in [0.3, 0.4) is 0 Å². The van der Waals surface area contributed by atoms with Crippen molar-refractivity contribution in [1.82, 2.24) is 5.32 Å². The van der Waals surface area contributed by atoms with Gasteiger partial charge >= 0.3 is 0 Å². The Balaban J connectivity index is 4.09. The molecule has 1 N–H and O–H groups in total. The van der Waals surface area contributed by atoms with E-state index in [1.807, 2.05) is 27.8 Å². The second-order valence-corrected chi connectivity index (χ2v) is 3.23. The Morgan fingerprint density at radius 1 is 1.45 bits per heavy atom. The normalized spacial score (nSPS) is 12.5. The van der Waals surface area contributed by atoms with Crippen molar-refractivity contribution < 1.29 is 4.74 Å². The lowest BCUT2D eigenvalue weighted by molar-refractivity contribution is 0.0426. The third-order valence-electron chi connectivity index (χ3n) is 0.932. The van der Waals surface area contributed by atoms with Gasteiger partial charge in [0.25, 0.3) is 0 Å². The molecule has 11 heavy (non-hydrogen) atoms. The van der Waals surface area contributed by atoms with Gasteiger partial charge in [-0.25, -0.2) is 0 Å². The van der Waals surface area contributed by atoms with E-state index in [1.54, 1.807) is 12.2 Å². The summed E-state index contributed by atoms with van der Waals surface area (Å²) in [6.07, 6.45) is 3.49. The van der Waals surface area contributed by atoms with Gasteiger partial charge in [0.2, 0.25) is 0 Å². The topological polar surface area (TPSA) is 21.3 Å². The average Bonchev–Trinajstić information content (AvgIpc) is 1.84. The molecule has 0 heterocycles. The van der Waals surface area contributed by atoms with Crippen LogP contribution in [-0.2, 0) is 4.74 Å². The van der Waals surface area contributed by atoms with Gasteiger partial charge in [0.05, 0.1) is 0 Å². The van der Waals surface area contributed by atoms with Crippen LogP contribution in [-0.4, -0.2) is 12.6 Å². The van der Waals surface area contributed by atoms with E-state index >= 15 is 0 Å². The highest BCUT2D eigenvalue weighted by Crippen LogP contribution is 2.10. The number of rotatable bonds is 3. The monoisotopic (exact) mass is 155 g/mol. The van der Waals surface area contributed by atoms with Crippen molar-refractivity contribution in [3.63, 3.8) is 0 Å². The summed E-state index contributed by atoms with van der Waals surface area (Å²) in [6, 6.07) is 0. The predicted octanol–water partition coefficient (Wildman–Crippen LogP) is 2.05. The fourth-order valence-electron chi connectivity index (χ4n) is 0.605. The first kappa shape index (κ1) is 10.1. The Morgan fingerprint density at radius 3 is 2.27 bits per heavy atom. The fourth-order valence-corrected chi connectivity index (χ4v) is 0.605. The van der Waals surface area contributed by atoms with Crippen LogP contribution in [0.1, 0.15) is 20.8 Å². The Bertz CT molecular complexity index is 153. The smallest absolute Gasteiger partial charge is 0.186 e. The summed E-state index contributed by atoms with van der Waals surface area (Å²) in [7, 11) is 1.82. The van der Waals surface area contributed by atoms with Gasteiger partial charge in [-0.1, -0.05) is 12.7 Å². The number of hydrogen-bond acceptors (Lipinski definition) is 2. The van der Waals surface area contributed by atoms with Crippen molar-refractivity contribution in [3.05, 3.63) is 24.6 Å². The van der Waals surface area contributed by atoms with Crippen molar-refractivity contribution in [2.75, 3.05) is 7.05 Å². The maximum absolute atomic E-state index is 5.51. The van der Waals surface area contributed by atoms with Crippen molar-refractivity contribution in [3.8, 4) is 0 Å². The van der Waals surface area contributed by atoms with E-state index in [-0.39, 0.29) is 5.60 Å². The molecular weight excluding hydrogens is 138 g/mol. The van der Waals surface area contributed by atoms with Crippen molar-refractivity contribution >= 4 is 0 Å². The molecule has 64 valence electrons. The quantitative estimate of drug-likeness (QED) is 0.497. The van der Waals surface area contributed by atoms with E-state index < -0.39 is 0 Å². The second kappa shape index (κ2) is 4.06. The van der Waals surface area contributed by atoms with E-state index in [0.29, 0.717) is 0 Å². The molecule has 0 saturated heterocycles. The standard InChI is InChI=1S/C9H17NO/c1-6-7-8(10-5)11-9(2,3)4/h6-7,10H,1H2,2-5H3/b8-7+. The lowest BCUT2D eigenvalue weighted by Crippen LogP contribution is -2.23. The summed E-state index contributed by atoms with van der Waals surface area (Å²) in [6.45, 7) is 9.59. The molecule has 0 atom stereocenters. The molecule has 0 aromatic heterocycles. The van der Waals surface area contributed by atoms with Gasteiger partial charge in [-0.05, 0) is 26.8 Å². The molecule has 2 heteroatoms. The van der Waals surface area contributed by atoms with E-state index in [1.165, 1.54) is 0 Å². The zero-order valence-electron chi connectivity index (χ0n) is 7.77. The van der Waals surface area contributed by atoms with Gasteiger partial charge in [0, 0.05) is 7.05 Å². The van der Waals surface area contributed by atoms with Crippen molar-refractivity contribution in [2.45, 2.75) is 26.4 Å². The van der Waals surface area contributed by atoms with E-state index in [2.05, 4.69) is 11.9 Å². The second-order valence-electron chi connectivity index (χ2n) is 3.23. The Morgan fingerprint density at radius 2 is 2.00 bits per heavy atom. The first-order valence-electron chi connectivity index (χ1n) is 3.69. The molecule has 2 nitrogen and oxygen atoms in total. The van der Waals surface area contributed by atoms with Crippen LogP contribution in [0.5, 0.6) is 0 Å². The zero-order chi connectivity index (χ0) is 8.91. The molecule has 0 amide bonds. The van der Waals surface area contributed by atoms with Crippen LogP contribution in [0.4, 0.5) is 0 Å². The van der Waals surface area contributed by atoms with Crippen LogP contribution in [0, 0.1) is 0 Å². The van der Waals surface area contributed by atoms with Gasteiger partial charge in [-0.3, -0.25) is 0 Å². The highest BCUT2D eigenvalue weighted by Gasteiger charge is 2.11. The molecule has 0 unspecified atom stereocenters. The average molecular weight is 155 g/mol. The third-order valence-corrected chi connectivity index (χ3v) is 0.932. The van der Waals surface area contributed by atoms with E-state index in [0.717, 1.165) is 5.88 Å². The van der Waals surface area contributed by atoms with Gasteiger partial charge < -0.3 is 10.1 Å². The van der Waals surface area contributed by atoms with Crippen molar-refractivity contribution in [2.24, 2.45) is 0 Å². The van der Waals surface area contributed by atoms with Gasteiger partial charge in [0.15, 0.2) is 5.88 Å². The molecule has 0 radical (unpaired) electrons. The van der Waals surface area contributed by atoms with E-state index in [4.69, 9.17) is 4.74 Å². The molecule has 0 aliphatic carbocycles. The minimum absolute atomic E-state index is 0.155. The Hall–Kier alpha value is -0.920. The molecule has 0 fully saturated rings. The highest BCUT2D eigenvalue weighted by atomic mass is 16.5. The summed E-state index contributed by atoms with van der Waals surface area (Å²) in [5.74, 6) is 0.743. The van der Waals surface area contributed by atoms with Gasteiger partial charge in [-0.15, -0.1) is 0 Å². The summed E-state index contributed by atoms with van der Waals surface area (Å²) < 4.78 is 5.51. The molecule has 0 aromatic carbocycles. The maximum atomic E-state index is 5.51. The predicted molar refractivity (Wildman–Crippen MR) is 48.2 cm³/mol. The molecule has 0 bridgehead atoms. The summed E-state index contributed by atoms with van der Waals surface area (Å²) in [4.78, 5) is 0. The summed E-state index contributed by atoms with van der Waals surface area (Å²) >= 11 is 0. The number of ether oxygens (including phenoxy) is 1. The molecule has 0 saturated carbocycles.